The van der Waals surface area contributed by atoms with Crippen molar-refractivity contribution in [1.82, 2.24) is 20.0 Å². The van der Waals surface area contributed by atoms with Crippen LogP contribution in [0.25, 0.3) is 21.5 Å². The minimum atomic E-state index is -0.783. The van der Waals surface area contributed by atoms with Crippen molar-refractivity contribution >= 4 is 62.5 Å². The van der Waals surface area contributed by atoms with Gasteiger partial charge in [-0.25, -0.2) is 14.5 Å². The van der Waals surface area contributed by atoms with Crippen LogP contribution in [0.15, 0.2) is 42.6 Å². The molecular formula is C25H27ClN6O4S. The minimum Gasteiger partial charge on any atom is -0.443 e. The fourth-order valence-electron chi connectivity index (χ4n) is 3.36. The molecular weight excluding hydrogens is 516 g/mol. The van der Waals surface area contributed by atoms with Crippen LogP contribution < -0.4 is 10.6 Å². The van der Waals surface area contributed by atoms with Crippen molar-refractivity contribution in [2.24, 2.45) is 0 Å². The summed E-state index contributed by atoms with van der Waals surface area (Å²) in [7, 11) is 0. The number of benzene rings is 2. The molecule has 0 fully saturated rings. The van der Waals surface area contributed by atoms with Crippen LogP contribution >= 0.6 is 22.9 Å². The molecule has 0 saturated heterocycles. The lowest BCUT2D eigenvalue weighted by Gasteiger charge is -2.26. The number of anilines is 3. The first-order valence-electron chi connectivity index (χ1n) is 11.4. The number of nitrogens with two attached hydrogens (primary N) is 1. The Morgan fingerprint density at radius 2 is 1.73 bits per heavy atom. The van der Waals surface area contributed by atoms with Gasteiger partial charge in [0.2, 0.25) is 5.13 Å². The molecule has 0 aliphatic rings. The minimum absolute atomic E-state index is 0.180. The number of nitrogen functional groups attached to an aromatic ring is 1. The predicted molar refractivity (Wildman–Crippen MR) is 145 cm³/mol. The Morgan fingerprint density at radius 1 is 1.03 bits per heavy atom. The summed E-state index contributed by atoms with van der Waals surface area (Å²) < 4.78 is 12.2. The van der Waals surface area contributed by atoms with E-state index in [9.17, 15) is 9.59 Å². The second-order valence-corrected chi connectivity index (χ2v) is 11.5. The Bertz CT molecular complexity index is 1480. The molecule has 0 atom stereocenters. The van der Waals surface area contributed by atoms with E-state index in [0.717, 1.165) is 10.2 Å². The van der Waals surface area contributed by atoms with Crippen LogP contribution in [-0.2, 0) is 9.47 Å². The van der Waals surface area contributed by atoms with E-state index in [-0.39, 0.29) is 10.2 Å². The molecule has 0 saturated carbocycles. The summed E-state index contributed by atoms with van der Waals surface area (Å²) in [6.07, 6.45) is 0.103. The molecule has 0 spiro atoms. The maximum Gasteiger partial charge on any atom is 0.435 e. The highest BCUT2D eigenvalue weighted by Gasteiger charge is 2.31. The molecule has 10 nitrogen and oxygen atoms in total. The molecule has 2 aromatic heterocycles. The lowest BCUT2D eigenvalue weighted by atomic mass is 10.2. The molecule has 4 aromatic rings. The molecule has 2 aromatic carbocycles. The molecule has 12 heteroatoms. The molecule has 4 rings (SSSR count). The molecule has 1 amide bonds. The van der Waals surface area contributed by atoms with Gasteiger partial charge in [0, 0.05) is 16.6 Å². The molecule has 0 radical (unpaired) electrons. The molecule has 0 aliphatic carbocycles. The van der Waals surface area contributed by atoms with E-state index in [1.165, 1.54) is 22.4 Å². The van der Waals surface area contributed by atoms with Gasteiger partial charge in [-0.1, -0.05) is 35.1 Å². The van der Waals surface area contributed by atoms with Gasteiger partial charge in [0.05, 0.1) is 22.4 Å². The van der Waals surface area contributed by atoms with Gasteiger partial charge in [-0.2, -0.15) is 9.78 Å². The van der Waals surface area contributed by atoms with Crippen molar-refractivity contribution in [2.75, 3.05) is 10.6 Å². The highest BCUT2D eigenvalue weighted by molar-refractivity contribution is 7.18. The second kappa shape index (κ2) is 9.64. The Balaban J connectivity index is 1.80. The van der Waals surface area contributed by atoms with Gasteiger partial charge in [0.1, 0.15) is 16.2 Å². The van der Waals surface area contributed by atoms with Crippen molar-refractivity contribution < 1.29 is 19.1 Å². The average Bonchev–Trinajstić information content (AvgIpc) is 3.41. The van der Waals surface area contributed by atoms with Crippen molar-refractivity contribution in [3.63, 3.8) is 0 Å². The SMILES string of the molecule is CC(C)(C)OC(=O)N(c1nnc(-c2cccc(N)c2)s1)c1ccc2c(cnn2C(=O)OC(C)(C)C)c1Cl. The maximum absolute atomic E-state index is 13.4. The van der Waals surface area contributed by atoms with Gasteiger partial charge in [0.25, 0.3) is 0 Å². The Labute approximate surface area is 222 Å². The van der Waals surface area contributed by atoms with Gasteiger partial charge >= 0.3 is 12.2 Å². The van der Waals surface area contributed by atoms with Crippen molar-refractivity contribution in [2.45, 2.75) is 52.7 Å². The quantitative estimate of drug-likeness (QED) is 0.285. The van der Waals surface area contributed by atoms with E-state index in [4.69, 9.17) is 26.8 Å². The maximum atomic E-state index is 13.4. The third-order valence-corrected chi connectivity index (χ3v) is 6.14. The van der Waals surface area contributed by atoms with E-state index in [0.29, 0.717) is 27.3 Å². The molecule has 2 heterocycles. The van der Waals surface area contributed by atoms with Gasteiger partial charge in [0.15, 0.2) is 0 Å². The van der Waals surface area contributed by atoms with Crippen LogP contribution in [-0.4, -0.2) is 43.4 Å². The van der Waals surface area contributed by atoms with Crippen LogP contribution in [0.2, 0.25) is 5.02 Å². The normalized spacial score (nSPS) is 12.0. The standard InChI is InChI=1S/C25H27ClN6O4S/c1-24(2,3)35-22(33)31(21-30-29-20(37-21)14-8-7-9-15(27)12-14)18-11-10-17-16(19(18)26)13-28-32(17)23(34)36-25(4,5)6/h7-13H,27H2,1-6H3. The van der Waals surface area contributed by atoms with Gasteiger partial charge in [-0.3, -0.25) is 0 Å². The molecule has 37 heavy (non-hydrogen) atoms. The monoisotopic (exact) mass is 542 g/mol. The third kappa shape index (κ3) is 5.83. The van der Waals surface area contributed by atoms with Gasteiger partial charge in [-0.15, -0.1) is 10.2 Å². The van der Waals surface area contributed by atoms with E-state index in [1.54, 1.807) is 65.8 Å². The molecule has 0 unspecified atom stereocenters. The van der Waals surface area contributed by atoms with Crippen LogP contribution in [0, 0.1) is 0 Å². The zero-order valence-electron chi connectivity index (χ0n) is 21.3. The number of ether oxygens (including phenoxy) is 2. The van der Waals surface area contributed by atoms with Crippen LogP contribution in [0.5, 0.6) is 0 Å². The highest BCUT2D eigenvalue weighted by Crippen LogP contribution is 2.40. The Hall–Kier alpha value is -3.70. The van der Waals surface area contributed by atoms with Crippen molar-refractivity contribution in [1.29, 1.82) is 0 Å². The molecule has 2 N–H and O–H groups in total. The smallest absolute Gasteiger partial charge is 0.435 e. The van der Waals surface area contributed by atoms with Gasteiger partial charge in [-0.05, 0) is 65.8 Å². The number of amides is 1. The summed E-state index contributed by atoms with van der Waals surface area (Å²) in [6, 6.07) is 10.4. The molecule has 0 bridgehead atoms. The zero-order valence-corrected chi connectivity index (χ0v) is 22.8. The number of fused-ring (bicyclic) bond motifs is 1. The van der Waals surface area contributed by atoms with E-state index in [2.05, 4.69) is 15.3 Å². The largest absolute Gasteiger partial charge is 0.443 e. The lowest BCUT2D eigenvalue weighted by molar-refractivity contribution is 0.0521. The summed E-state index contributed by atoms with van der Waals surface area (Å²) in [5.74, 6) is 0. The number of halogens is 1. The van der Waals surface area contributed by atoms with Crippen molar-refractivity contribution in [3.05, 3.63) is 47.6 Å². The van der Waals surface area contributed by atoms with E-state index >= 15 is 0 Å². The lowest BCUT2D eigenvalue weighted by Crippen LogP contribution is -2.34. The molecule has 0 aliphatic heterocycles. The first-order chi connectivity index (χ1) is 17.2. The number of hydrogen-bond acceptors (Lipinski definition) is 9. The summed E-state index contributed by atoms with van der Waals surface area (Å²) in [5.41, 5.74) is 6.48. The van der Waals surface area contributed by atoms with Crippen molar-refractivity contribution in [3.8, 4) is 10.6 Å². The first kappa shape index (κ1) is 26.4. The average molecular weight is 543 g/mol. The number of nitrogens with zero attached hydrogens (tertiary/aromatic N) is 5. The number of rotatable bonds is 3. The second-order valence-electron chi connectivity index (χ2n) is 10.2. The van der Waals surface area contributed by atoms with Crippen LogP contribution in [0.1, 0.15) is 41.5 Å². The zero-order chi connectivity index (χ0) is 27.1. The third-order valence-electron chi connectivity index (χ3n) is 4.79. The predicted octanol–water partition coefficient (Wildman–Crippen LogP) is 6.65. The number of hydrogen-bond donors (Lipinski definition) is 1. The number of aromatic nitrogens is 4. The highest BCUT2D eigenvalue weighted by atomic mass is 35.5. The summed E-state index contributed by atoms with van der Waals surface area (Å²) in [6.45, 7) is 10.6. The fraction of sp³-hybridized carbons (Fsp3) is 0.320. The fourth-order valence-corrected chi connectivity index (χ4v) is 4.50. The number of carbonyl (C=O) groups is 2. The number of carbonyl (C=O) groups excluding carboxylic acids is 2. The van der Waals surface area contributed by atoms with Crippen LogP contribution in [0.4, 0.5) is 26.1 Å². The summed E-state index contributed by atoms with van der Waals surface area (Å²) in [5, 5.41) is 14.1. The van der Waals surface area contributed by atoms with Gasteiger partial charge < -0.3 is 15.2 Å². The first-order valence-corrected chi connectivity index (χ1v) is 12.5. The Morgan fingerprint density at radius 3 is 2.38 bits per heavy atom. The topological polar surface area (TPSA) is 125 Å². The Kier molecular flexibility index (Phi) is 6.87. The summed E-state index contributed by atoms with van der Waals surface area (Å²) >= 11 is 7.96. The van der Waals surface area contributed by atoms with E-state index < -0.39 is 23.4 Å². The molecule has 194 valence electrons. The van der Waals surface area contributed by atoms with E-state index in [1.807, 2.05) is 12.1 Å². The van der Waals surface area contributed by atoms with Crippen LogP contribution in [0.3, 0.4) is 0 Å². The summed E-state index contributed by atoms with van der Waals surface area (Å²) in [4.78, 5) is 27.3.